The Labute approximate surface area is 202 Å². The van der Waals surface area contributed by atoms with Crippen LogP contribution in [0, 0.1) is 0 Å². The van der Waals surface area contributed by atoms with Gasteiger partial charge in [0.25, 0.3) is 5.56 Å². The molecule has 0 saturated heterocycles. The zero-order chi connectivity index (χ0) is 24.4. The Morgan fingerprint density at radius 3 is 2.41 bits per heavy atom. The van der Waals surface area contributed by atoms with E-state index in [9.17, 15) is 9.59 Å². The average molecular weight is 477 g/mol. The number of carbonyl (C=O) groups excluding carboxylic acids is 1. The van der Waals surface area contributed by atoms with Crippen molar-refractivity contribution in [3.63, 3.8) is 0 Å². The van der Waals surface area contributed by atoms with Gasteiger partial charge in [0.15, 0.2) is 4.80 Å². The number of aromatic nitrogens is 1. The number of methoxy groups -OCH3 is 1. The van der Waals surface area contributed by atoms with Crippen molar-refractivity contribution in [2.75, 3.05) is 13.7 Å². The van der Waals surface area contributed by atoms with Gasteiger partial charge in [0.1, 0.15) is 5.75 Å². The number of thiazole rings is 1. The minimum atomic E-state index is -0.602. The van der Waals surface area contributed by atoms with Crippen molar-refractivity contribution < 1.29 is 14.3 Å². The zero-order valence-electron chi connectivity index (χ0n) is 20.0. The fourth-order valence-corrected chi connectivity index (χ4v) is 5.07. The van der Waals surface area contributed by atoms with Crippen LogP contribution in [-0.4, -0.2) is 24.3 Å². The second kappa shape index (κ2) is 9.81. The van der Waals surface area contributed by atoms with Gasteiger partial charge in [-0.25, -0.2) is 9.79 Å². The number of benzene rings is 2. The number of allylic oxidation sites excluding steroid dienone is 1. The van der Waals surface area contributed by atoms with E-state index >= 15 is 0 Å². The molecule has 3 aromatic rings. The first kappa shape index (κ1) is 23.7. The summed E-state index contributed by atoms with van der Waals surface area (Å²) in [6.07, 6.45) is 1.84. The van der Waals surface area contributed by atoms with Gasteiger partial charge >= 0.3 is 5.97 Å². The average Bonchev–Trinajstić information content (AvgIpc) is 3.13. The lowest BCUT2D eigenvalue weighted by Gasteiger charge is -2.25. The molecule has 1 aliphatic rings. The third-order valence-electron chi connectivity index (χ3n) is 5.85. The summed E-state index contributed by atoms with van der Waals surface area (Å²) in [4.78, 5) is 31.8. The molecule has 7 heteroatoms. The molecule has 0 saturated carbocycles. The Balaban J connectivity index is 1.90. The molecule has 1 aliphatic heterocycles. The topological polar surface area (TPSA) is 69.9 Å². The van der Waals surface area contributed by atoms with Crippen molar-refractivity contribution in [2.24, 2.45) is 4.99 Å². The molecule has 0 radical (unpaired) electrons. The van der Waals surface area contributed by atoms with Gasteiger partial charge in [-0.1, -0.05) is 61.6 Å². The molecule has 2 aromatic carbocycles. The summed E-state index contributed by atoms with van der Waals surface area (Å²) in [6, 6.07) is 15.0. The lowest BCUT2D eigenvalue weighted by Crippen LogP contribution is -2.39. The second-order valence-electron chi connectivity index (χ2n) is 8.40. The largest absolute Gasteiger partial charge is 0.497 e. The Morgan fingerprint density at radius 2 is 1.82 bits per heavy atom. The van der Waals surface area contributed by atoms with E-state index in [0.717, 1.165) is 16.9 Å². The minimum absolute atomic E-state index is 0.188. The fourth-order valence-electron chi connectivity index (χ4n) is 4.02. The molecule has 0 N–H and O–H groups in total. The van der Waals surface area contributed by atoms with Crippen LogP contribution in [0.15, 0.2) is 69.6 Å². The first-order valence-corrected chi connectivity index (χ1v) is 12.1. The summed E-state index contributed by atoms with van der Waals surface area (Å²) >= 11 is 1.31. The minimum Gasteiger partial charge on any atom is -0.497 e. The number of fused-ring (bicyclic) bond motifs is 1. The van der Waals surface area contributed by atoms with Crippen LogP contribution in [0.25, 0.3) is 6.08 Å². The Kier molecular flexibility index (Phi) is 6.84. The van der Waals surface area contributed by atoms with E-state index in [-0.39, 0.29) is 12.2 Å². The molecule has 4 rings (SSSR count). The normalized spacial score (nSPS) is 15.8. The van der Waals surface area contributed by atoms with Gasteiger partial charge in [0.05, 0.1) is 35.6 Å². The molecule has 34 heavy (non-hydrogen) atoms. The molecule has 0 amide bonds. The number of esters is 1. The SMILES string of the molecule is CCOC(=O)C1=C(C)N=c2s/c(=C/c3ccc(OC)cc3)c(=O)n2[C@@H]1c1ccc(C(C)C)cc1. The second-order valence-corrected chi connectivity index (χ2v) is 9.41. The van der Waals surface area contributed by atoms with Crippen LogP contribution in [0.2, 0.25) is 0 Å². The van der Waals surface area contributed by atoms with Crippen molar-refractivity contribution in [3.8, 4) is 5.75 Å². The van der Waals surface area contributed by atoms with Gasteiger partial charge in [-0.15, -0.1) is 0 Å². The van der Waals surface area contributed by atoms with E-state index in [0.29, 0.717) is 26.5 Å². The lowest BCUT2D eigenvalue weighted by molar-refractivity contribution is -0.139. The van der Waals surface area contributed by atoms with Crippen molar-refractivity contribution in [1.82, 2.24) is 4.57 Å². The van der Waals surface area contributed by atoms with Crippen LogP contribution in [0.4, 0.5) is 0 Å². The third kappa shape index (κ3) is 4.48. The van der Waals surface area contributed by atoms with E-state index in [1.54, 1.807) is 25.5 Å². The first-order valence-electron chi connectivity index (χ1n) is 11.3. The van der Waals surface area contributed by atoms with Crippen molar-refractivity contribution in [1.29, 1.82) is 0 Å². The standard InChI is InChI=1S/C27H28N2O4S/c1-6-33-26(31)23-17(4)28-27-29(24(23)20-11-9-19(10-12-20)16(2)3)25(30)22(34-27)15-18-7-13-21(32-5)14-8-18/h7-16,24H,6H2,1-5H3/b22-15+/t24-/m1/s1. The number of carbonyl (C=O) groups is 1. The summed E-state index contributed by atoms with van der Waals surface area (Å²) in [6.45, 7) is 8.07. The Hall–Kier alpha value is -3.45. The van der Waals surface area contributed by atoms with Gasteiger partial charge in [0.2, 0.25) is 0 Å². The van der Waals surface area contributed by atoms with E-state index in [4.69, 9.17) is 9.47 Å². The van der Waals surface area contributed by atoms with Crippen LogP contribution < -0.4 is 19.6 Å². The quantitative estimate of drug-likeness (QED) is 0.506. The Morgan fingerprint density at radius 1 is 1.15 bits per heavy atom. The van der Waals surface area contributed by atoms with E-state index in [1.165, 1.54) is 16.9 Å². The number of nitrogens with zero attached hydrogens (tertiary/aromatic N) is 2. The summed E-state index contributed by atoms with van der Waals surface area (Å²) < 4.78 is 12.7. The molecular formula is C27H28N2O4S. The van der Waals surface area contributed by atoms with Crippen LogP contribution in [0.3, 0.4) is 0 Å². The molecule has 0 spiro atoms. The molecule has 0 bridgehead atoms. The summed E-state index contributed by atoms with van der Waals surface area (Å²) in [5.74, 6) is 0.673. The highest BCUT2D eigenvalue weighted by Crippen LogP contribution is 2.31. The molecule has 0 unspecified atom stereocenters. The van der Waals surface area contributed by atoms with Crippen LogP contribution >= 0.6 is 11.3 Å². The number of ether oxygens (including phenoxy) is 2. The van der Waals surface area contributed by atoms with Gasteiger partial charge in [-0.2, -0.15) is 0 Å². The smallest absolute Gasteiger partial charge is 0.338 e. The lowest BCUT2D eigenvalue weighted by atomic mass is 9.93. The third-order valence-corrected chi connectivity index (χ3v) is 6.83. The summed E-state index contributed by atoms with van der Waals surface area (Å²) in [5.41, 5.74) is 3.68. The highest BCUT2D eigenvalue weighted by molar-refractivity contribution is 7.07. The van der Waals surface area contributed by atoms with Crippen LogP contribution in [0.1, 0.15) is 56.3 Å². The highest BCUT2D eigenvalue weighted by atomic mass is 32.1. The van der Waals surface area contributed by atoms with Crippen molar-refractivity contribution in [3.05, 3.63) is 96.2 Å². The molecule has 6 nitrogen and oxygen atoms in total. The molecule has 0 aliphatic carbocycles. The van der Waals surface area contributed by atoms with Gasteiger partial charge in [-0.05, 0) is 54.7 Å². The van der Waals surface area contributed by atoms with Gasteiger partial charge < -0.3 is 9.47 Å². The Bertz CT molecular complexity index is 1410. The fraction of sp³-hybridized carbons (Fsp3) is 0.296. The first-order chi connectivity index (χ1) is 16.3. The number of hydrogen-bond donors (Lipinski definition) is 0. The van der Waals surface area contributed by atoms with E-state index in [1.807, 2.05) is 54.6 Å². The maximum absolute atomic E-state index is 13.6. The molecule has 2 heterocycles. The monoisotopic (exact) mass is 476 g/mol. The molecular weight excluding hydrogens is 448 g/mol. The van der Waals surface area contributed by atoms with E-state index in [2.05, 4.69) is 18.8 Å². The summed E-state index contributed by atoms with van der Waals surface area (Å²) in [7, 11) is 1.62. The summed E-state index contributed by atoms with van der Waals surface area (Å²) in [5, 5.41) is 0. The van der Waals surface area contributed by atoms with Crippen LogP contribution in [0.5, 0.6) is 5.75 Å². The molecule has 176 valence electrons. The number of rotatable bonds is 6. The van der Waals surface area contributed by atoms with Gasteiger partial charge in [-0.3, -0.25) is 9.36 Å². The van der Waals surface area contributed by atoms with Crippen molar-refractivity contribution in [2.45, 2.75) is 39.7 Å². The zero-order valence-corrected chi connectivity index (χ0v) is 20.8. The predicted molar refractivity (Wildman–Crippen MR) is 134 cm³/mol. The van der Waals surface area contributed by atoms with E-state index < -0.39 is 12.0 Å². The highest BCUT2D eigenvalue weighted by Gasteiger charge is 2.33. The maximum atomic E-state index is 13.6. The predicted octanol–water partition coefficient (Wildman–Crippen LogP) is 3.93. The number of hydrogen-bond acceptors (Lipinski definition) is 6. The maximum Gasteiger partial charge on any atom is 0.338 e. The van der Waals surface area contributed by atoms with Gasteiger partial charge in [0, 0.05) is 0 Å². The van der Waals surface area contributed by atoms with Crippen molar-refractivity contribution >= 4 is 23.4 Å². The molecule has 1 aromatic heterocycles. The van der Waals surface area contributed by atoms with Crippen LogP contribution in [-0.2, 0) is 9.53 Å². The molecule has 0 fully saturated rings. The molecule has 1 atom stereocenters.